The SMILES string of the molecule is Cc1cc2c(C=NNc3nc(-c4ccccc4)c(C#N)c(=O)[nH]3)cccc2[nH]1. The molecule has 0 aliphatic heterocycles. The molecule has 0 spiro atoms. The predicted octanol–water partition coefficient (Wildman–Crippen LogP) is 3.54. The first-order valence-electron chi connectivity index (χ1n) is 8.63. The van der Waals surface area contributed by atoms with Gasteiger partial charge < -0.3 is 4.98 Å². The number of hydrogen-bond donors (Lipinski definition) is 3. The van der Waals surface area contributed by atoms with Crippen molar-refractivity contribution in [3.63, 3.8) is 0 Å². The van der Waals surface area contributed by atoms with Gasteiger partial charge in [-0.05, 0) is 19.1 Å². The molecular weight excluding hydrogens is 352 g/mol. The highest BCUT2D eigenvalue weighted by atomic mass is 16.1. The molecule has 0 radical (unpaired) electrons. The summed E-state index contributed by atoms with van der Waals surface area (Å²) in [4.78, 5) is 22.4. The van der Waals surface area contributed by atoms with Crippen LogP contribution in [0.3, 0.4) is 0 Å². The van der Waals surface area contributed by atoms with Gasteiger partial charge in [-0.25, -0.2) is 10.4 Å². The number of fused-ring (bicyclic) bond motifs is 1. The van der Waals surface area contributed by atoms with Crippen LogP contribution in [0.4, 0.5) is 5.95 Å². The quantitative estimate of drug-likeness (QED) is 0.378. The summed E-state index contributed by atoms with van der Waals surface area (Å²) in [6.45, 7) is 2.00. The van der Waals surface area contributed by atoms with Gasteiger partial charge in [0.1, 0.15) is 11.6 Å². The van der Waals surface area contributed by atoms with Crippen molar-refractivity contribution < 1.29 is 0 Å². The number of aromatic nitrogens is 3. The molecule has 7 nitrogen and oxygen atoms in total. The highest BCUT2D eigenvalue weighted by Gasteiger charge is 2.12. The molecule has 0 bridgehead atoms. The molecule has 28 heavy (non-hydrogen) atoms. The Labute approximate surface area is 160 Å². The van der Waals surface area contributed by atoms with Crippen molar-refractivity contribution in [1.29, 1.82) is 5.26 Å². The standard InChI is InChI=1S/C21H16N6O/c1-13-10-16-15(8-5-9-18(16)24-13)12-23-27-21-25-19(14-6-3-2-4-7-14)17(11-22)20(28)26-21/h2-10,12,24H,1H3,(H2,25,26,27,28). The van der Waals surface area contributed by atoms with E-state index in [0.717, 1.165) is 22.2 Å². The number of aromatic amines is 2. The maximum absolute atomic E-state index is 12.3. The largest absolute Gasteiger partial charge is 0.359 e. The van der Waals surface area contributed by atoms with E-state index in [1.165, 1.54) is 0 Å². The minimum absolute atomic E-state index is 0.0340. The Hall–Kier alpha value is -4.18. The summed E-state index contributed by atoms with van der Waals surface area (Å²) in [7, 11) is 0. The van der Waals surface area contributed by atoms with Gasteiger partial charge >= 0.3 is 0 Å². The number of H-pyrrole nitrogens is 2. The Kier molecular flexibility index (Phi) is 4.44. The minimum atomic E-state index is -0.516. The van der Waals surface area contributed by atoms with Crippen LogP contribution in [0.25, 0.3) is 22.2 Å². The molecular formula is C21H16N6O. The van der Waals surface area contributed by atoms with Gasteiger partial charge in [0.05, 0.1) is 11.9 Å². The van der Waals surface area contributed by atoms with Crippen molar-refractivity contribution in [3.8, 4) is 17.3 Å². The molecule has 136 valence electrons. The fourth-order valence-electron chi connectivity index (χ4n) is 3.03. The van der Waals surface area contributed by atoms with E-state index < -0.39 is 5.56 Å². The van der Waals surface area contributed by atoms with Gasteiger partial charge in [0.15, 0.2) is 0 Å². The summed E-state index contributed by atoms with van der Waals surface area (Å²) >= 11 is 0. The average Bonchev–Trinajstić information content (AvgIpc) is 3.09. The lowest BCUT2D eigenvalue weighted by Crippen LogP contribution is -2.16. The third kappa shape index (κ3) is 3.27. The van der Waals surface area contributed by atoms with Gasteiger partial charge in [0.25, 0.3) is 5.56 Å². The molecule has 0 amide bonds. The summed E-state index contributed by atoms with van der Waals surface area (Å²) < 4.78 is 0. The zero-order valence-corrected chi connectivity index (χ0v) is 15.0. The van der Waals surface area contributed by atoms with E-state index in [2.05, 4.69) is 25.5 Å². The van der Waals surface area contributed by atoms with Crippen molar-refractivity contribution in [1.82, 2.24) is 15.0 Å². The Balaban J connectivity index is 1.67. The van der Waals surface area contributed by atoms with E-state index in [4.69, 9.17) is 0 Å². The zero-order valence-electron chi connectivity index (χ0n) is 15.0. The predicted molar refractivity (Wildman–Crippen MR) is 109 cm³/mol. The Morgan fingerprint density at radius 1 is 1.14 bits per heavy atom. The summed E-state index contributed by atoms with van der Waals surface area (Å²) in [5, 5.41) is 14.6. The molecule has 4 aromatic rings. The van der Waals surface area contributed by atoms with Crippen LogP contribution in [-0.2, 0) is 0 Å². The van der Waals surface area contributed by atoms with E-state index in [1.807, 2.05) is 55.5 Å². The molecule has 0 atom stereocenters. The number of nitrogens with one attached hydrogen (secondary N) is 3. The normalized spacial score (nSPS) is 11.0. The van der Waals surface area contributed by atoms with Crippen molar-refractivity contribution >= 4 is 23.1 Å². The second kappa shape index (κ2) is 7.21. The smallest absolute Gasteiger partial charge is 0.270 e. The van der Waals surface area contributed by atoms with Crippen molar-refractivity contribution in [3.05, 3.63) is 81.8 Å². The van der Waals surface area contributed by atoms with Gasteiger partial charge in [-0.2, -0.15) is 10.4 Å². The maximum Gasteiger partial charge on any atom is 0.270 e. The van der Waals surface area contributed by atoms with Gasteiger partial charge in [0.2, 0.25) is 5.95 Å². The van der Waals surface area contributed by atoms with Crippen LogP contribution in [0.1, 0.15) is 16.8 Å². The van der Waals surface area contributed by atoms with Crippen LogP contribution < -0.4 is 11.0 Å². The van der Waals surface area contributed by atoms with Crippen LogP contribution in [0.5, 0.6) is 0 Å². The van der Waals surface area contributed by atoms with Crippen LogP contribution >= 0.6 is 0 Å². The first kappa shape index (κ1) is 17.2. The molecule has 3 N–H and O–H groups in total. The second-order valence-corrected chi connectivity index (χ2v) is 6.25. The number of rotatable bonds is 4. The highest BCUT2D eigenvalue weighted by molar-refractivity contribution is 5.99. The molecule has 0 saturated carbocycles. The maximum atomic E-state index is 12.3. The number of hydrazone groups is 1. The first-order chi connectivity index (χ1) is 13.7. The number of benzene rings is 2. The van der Waals surface area contributed by atoms with Gasteiger partial charge in [-0.1, -0.05) is 42.5 Å². The van der Waals surface area contributed by atoms with Crippen LogP contribution in [0, 0.1) is 18.3 Å². The number of aryl methyl sites for hydroxylation is 1. The molecule has 4 rings (SSSR count). The number of hydrogen-bond acceptors (Lipinski definition) is 5. The Morgan fingerprint density at radius 2 is 1.96 bits per heavy atom. The fourth-order valence-corrected chi connectivity index (χ4v) is 3.03. The van der Waals surface area contributed by atoms with Crippen LogP contribution in [0.2, 0.25) is 0 Å². The topological polar surface area (TPSA) is 110 Å². The number of anilines is 1. The highest BCUT2D eigenvalue weighted by Crippen LogP contribution is 2.20. The van der Waals surface area contributed by atoms with Crippen molar-refractivity contribution in [2.75, 3.05) is 5.43 Å². The van der Waals surface area contributed by atoms with E-state index >= 15 is 0 Å². The lowest BCUT2D eigenvalue weighted by atomic mass is 10.1. The van der Waals surface area contributed by atoms with E-state index in [-0.39, 0.29) is 11.5 Å². The lowest BCUT2D eigenvalue weighted by Gasteiger charge is -2.06. The van der Waals surface area contributed by atoms with Crippen LogP contribution in [-0.4, -0.2) is 21.2 Å². The number of nitrogens with zero attached hydrogens (tertiary/aromatic N) is 3. The summed E-state index contributed by atoms with van der Waals surface area (Å²) in [6.07, 6.45) is 1.66. The minimum Gasteiger partial charge on any atom is -0.359 e. The second-order valence-electron chi connectivity index (χ2n) is 6.25. The van der Waals surface area contributed by atoms with E-state index in [0.29, 0.717) is 11.3 Å². The molecule has 7 heteroatoms. The van der Waals surface area contributed by atoms with Crippen molar-refractivity contribution in [2.45, 2.75) is 6.92 Å². The molecule has 2 aromatic carbocycles. The summed E-state index contributed by atoms with van der Waals surface area (Å²) in [5.41, 5.74) is 6.21. The van der Waals surface area contributed by atoms with Gasteiger partial charge in [-0.15, -0.1) is 0 Å². The average molecular weight is 368 g/mol. The molecule has 0 saturated heterocycles. The van der Waals surface area contributed by atoms with Gasteiger partial charge in [0, 0.05) is 27.7 Å². The molecule has 0 aliphatic rings. The Bertz CT molecular complexity index is 1280. The first-order valence-corrected chi connectivity index (χ1v) is 8.63. The molecule has 0 unspecified atom stereocenters. The zero-order chi connectivity index (χ0) is 19.5. The third-order valence-electron chi connectivity index (χ3n) is 4.29. The molecule has 2 heterocycles. The summed E-state index contributed by atoms with van der Waals surface area (Å²) in [6, 6.07) is 18.9. The van der Waals surface area contributed by atoms with Gasteiger partial charge in [-0.3, -0.25) is 9.78 Å². The van der Waals surface area contributed by atoms with E-state index in [9.17, 15) is 10.1 Å². The number of nitriles is 1. The lowest BCUT2D eigenvalue weighted by molar-refractivity contribution is 1.08. The van der Waals surface area contributed by atoms with Crippen molar-refractivity contribution in [2.24, 2.45) is 5.10 Å². The molecule has 2 aromatic heterocycles. The molecule has 0 aliphatic carbocycles. The Morgan fingerprint density at radius 3 is 2.75 bits per heavy atom. The fraction of sp³-hybridized carbons (Fsp3) is 0.0476. The monoisotopic (exact) mass is 368 g/mol. The summed E-state index contributed by atoms with van der Waals surface area (Å²) in [5.74, 6) is 0.163. The third-order valence-corrected chi connectivity index (χ3v) is 4.29. The van der Waals surface area contributed by atoms with E-state index in [1.54, 1.807) is 18.3 Å². The molecule has 0 fully saturated rings. The van der Waals surface area contributed by atoms with Crippen LogP contribution in [0.15, 0.2) is 64.5 Å².